The van der Waals surface area contributed by atoms with E-state index in [1.807, 2.05) is 36.4 Å². The number of para-hydroxylation sites is 1. The van der Waals surface area contributed by atoms with Crippen LogP contribution >= 0.6 is 0 Å². The Balaban J connectivity index is 1.52. The molecule has 0 fully saturated rings. The first kappa shape index (κ1) is 15.1. The Morgan fingerprint density at radius 3 is 2.71 bits per heavy atom. The standard InChI is InChI=1S/C19H20N4O/c24-14-19(11-10-15-6-4-5-9-18(15)19)20-12-16-13-21-23(22-16)17-7-2-1-3-8-17/h1-9,13,20,24H,10-12,14H2/t19-/m0/s1. The number of nitrogens with one attached hydrogen (secondary N) is 1. The summed E-state index contributed by atoms with van der Waals surface area (Å²) in [5.41, 5.74) is 3.92. The second kappa shape index (κ2) is 6.19. The van der Waals surface area contributed by atoms with Gasteiger partial charge in [0.15, 0.2) is 0 Å². The fraction of sp³-hybridized carbons (Fsp3) is 0.263. The minimum atomic E-state index is -0.382. The van der Waals surface area contributed by atoms with Crippen LogP contribution in [-0.2, 0) is 18.5 Å². The predicted octanol–water partition coefficient (Wildman–Crippen LogP) is 2.19. The van der Waals surface area contributed by atoms with Crippen molar-refractivity contribution in [3.8, 4) is 5.69 Å². The van der Waals surface area contributed by atoms with Gasteiger partial charge in [-0.2, -0.15) is 15.0 Å². The summed E-state index contributed by atoms with van der Waals surface area (Å²) in [5.74, 6) is 0. The molecule has 1 aliphatic rings. The Labute approximate surface area is 141 Å². The molecular weight excluding hydrogens is 300 g/mol. The van der Waals surface area contributed by atoms with Crippen LogP contribution in [0.4, 0.5) is 0 Å². The number of aromatic nitrogens is 3. The van der Waals surface area contributed by atoms with Gasteiger partial charge in [-0.1, -0.05) is 42.5 Å². The van der Waals surface area contributed by atoms with Gasteiger partial charge < -0.3 is 5.11 Å². The fourth-order valence-electron chi connectivity index (χ4n) is 3.41. The molecule has 24 heavy (non-hydrogen) atoms. The third kappa shape index (κ3) is 2.62. The van der Waals surface area contributed by atoms with Crippen molar-refractivity contribution in [3.63, 3.8) is 0 Å². The van der Waals surface area contributed by atoms with Crippen LogP contribution in [0.5, 0.6) is 0 Å². The monoisotopic (exact) mass is 320 g/mol. The van der Waals surface area contributed by atoms with Gasteiger partial charge in [-0.3, -0.25) is 5.32 Å². The third-order valence-corrected chi connectivity index (χ3v) is 4.76. The number of aliphatic hydroxyl groups excluding tert-OH is 1. The molecule has 1 atom stereocenters. The van der Waals surface area contributed by atoms with E-state index in [1.54, 1.807) is 11.0 Å². The molecule has 0 amide bonds. The lowest BCUT2D eigenvalue weighted by molar-refractivity contribution is 0.158. The van der Waals surface area contributed by atoms with E-state index in [4.69, 9.17) is 0 Å². The fourth-order valence-corrected chi connectivity index (χ4v) is 3.41. The highest BCUT2D eigenvalue weighted by atomic mass is 16.3. The Morgan fingerprint density at radius 1 is 1.08 bits per heavy atom. The van der Waals surface area contributed by atoms with Crippen molar-refractivity contribution in [2.45, 2.75) is 24.9 Å². The van der Waals surface area contributed by atoms with Crippen LogP contribution in [0.2, 0.25) is 0 Å². The van der Waals surface area contributed by atoms with E-state index in [0.717, 1.165) is 24.2 Å². The van der Waals surface area contributed by atoms with E-state index in [-0.39, 0.29) is 12.1 Å². The number of aryl methyl sites for hydroxylation is 1. The summed E-state index contributed by atoms with van der Waals surface area (Å²) in [6.07, 6.45) is 3.65. The molecule has 2 aromatic carbocycles. The van der Waals surface area contributed by atoms with E-state index >= 15 is 0 Å². The molecule has 0 aliphatic heterocycles. The van der Waals surface area contributed by atoms with Crippen molar-refractivity contribution in [3.05, 3.63) is 77.6 Å². The van der Waals surface area contributed by atoms with Crippen LogP contribution in [-0.4, -0.2) is 26.7 Å². The summed E-state index contributed by atoms with van der Waals surface area (Å²) in [7, 11) is 0. The van der Waals surface area contributed by atoms with Gasteiger partial charge in [-0.25, -0.2) is 0 Å². The van der Waals surface area contributed by atoms with Crippen molar-refractivity contribution >= 4 is 0 Å². The van der Waals surface area contributed by atoms with E-state index in [9.17, 15) is 5.11 Å². The molecule has 5 nitrogen and oxygen atoms in total. The molecule has 2 N–H and O–H groups in total. The minimum absolute atomic E-state index is 0.0802. The molecule has 0 saturated heterocycles. The van der Waals surface area contributed by atoms with Gasteiger partial charge in [0.1, 0.15) is 0 Å². The van der Waals surface area contributed by atoms with Crippen molar-refractivity contribution in [1.82, 2.24) is 20.3 Å². The second-order valence-corrected chi connectivity index (χ2v) is 6.21. The quantitative estimate of drug-likeness (QED) is 0.756. The number of fused-ring (bicyclic) bond motifs is 1. The Kier molecular flexibility index (Phi) is 3.88. The number of benzene rings is 2. The molecule has 1 heterocycles. The van der Waals surface area contributed by atoms with E-state index < -0.39 is 0 Å². The molecule has 5 heteroatoms. The summed E-state index contributed by atoms with van der Waals surface area (Å²) >= 11 is 0. The minimum Gasteiger partial charge on any atom is -0.394 e. The van der Waals surface area contributed by atoms with E-state index in [0.29, 0.717) is 6.54 Å². The predicted molar refractivity (Wildman–Crippen MR) is 91.7 cm³/mol. The van der Waals surface area contributed by atoms with Crippen LogP contribution in [0, 0.1) is 0 Å². The largest absolute Gasteiger partial charge is 0.394 e. The van der Waals surface area contributed by atoms with E-state index in [2.05, 4.69) is 33.7 Å². The summed E-state index contributed by atoms with van der Waals surface area (Å²) in [6, 6.07) is 18.2. The van der Waals surface area contributed by atoms with Gasteiger partial charge in [-0.15, -0.1) is 0 Å². The van der Waals surface area contributed by atoms with Crippen molar-refractivity contribution < 1.29 is 5.11 Å². The van der Waals surface area contributed by atoms with Gasteiger partial charge in [0.05, 0.1) is 29.7 Å². The number of hydrogen-bond donors (Lipinski definition) is 2. The molecule has 122 valence electrons. The van der Waals surface area contributed by atoms with Gasteiger partial charge in [0.2, 0.25) is 0 Å². The number of aliphatic hydroxyl groups is 1. The Bertz CT molecular complexity index is 830. The molecule has 0 radical (unpaired) electrons. The van der Waals surface area contributed by atoms with Crippen LogP contribution in [0.3, 0.4) is 0 Å². The van der Waals surface area contributed by atoms with E-state index in [1.165, 1.54) is 11.1 Å². The Morgan fingerprint density at radius 2 is 1.88 bits per heavy atom. The number of hydrogen-bond acceptors (Lipinski definition) is 4. The SMILES string of the molecule is OC[C@@]1(NCc2cnn(-c3ccccc3)n2)CCc2ccccc21. The first-order valence-corrected chi connectivity index (χ1v) is 8.22. The highest BCUT2D eigenvalue weighted by Gasteiger charge is 2.37. The molecule has 3 aromatic rings. The highest BCUT2D eigenvalue weighted by Crippen LogP contribution is 2.36. The molecule has 0 unspecified atom stereocenters. The van der Waals surface area contributed by atoms with Crippen molar-refractivity contribution in [2.24, 2.45) is 0 Å². The molecule has 1 aromatic heterocycles. The maximum absolute atomic E-state index is 10.0. The van der Waals surface area contributed by atoms with Gasteiger partial charge in [-0.05, 0) is 36.1 Å². The van der Waals surface area contributed by atoms with Crippen LogP contribution in [0.15, 0.2) is 60.8 Å². The summed E-state index contributed by atoms with van der Waals surface area (Å²) in [4.78, 5) is 1.63. The lowest BCUT2D eigenvalue weighted by Gasteiger charge is -2.29. The number of rotatable bonds is 5. The molecular formula is C19H20N4O. The van der Waals surface area contributed by atoms with Gasteiger partial charge >= 0.3 is 0 Å². The summed E-state index contributed by atoms with van der Waals surface area (Å²) < 4.78 is 0. The normalized spacial score (nSPS) is 19.4. The van der Waals surface area contributed by atoms with Crippen LogP contribution < -0.4 is 5.32 Å². The average molecular weight is 320 g/mol. The zero-order valence-electron chi connectivity index (χ0n) is 13.4. The highest BCUT2D eigenvalue weighted by molar-refractivity contribution is 5.39. The molecule has 0 saturated carbocycles. The van der Waals surface area contributed by atoms with Crippen LogP contribution in [0.1, 0.15) is 23.2 Å². The molecule has 0 bridgehead atoms. The smallest absolute Gasteiger partial charge is 0.0969 e. The topological polar surface area (TPSA) is 63.0 Å². The average Bonchev–Trinajstić information content (AvgIpc) is 3.26. The van der Waals surface area contributed by atoms with Crippen molar-refractivity contribution in [2.75, 3.05) is 6.61 Å². The zero-order valence-corrected chi connectivity index (χ0v) is 13.4. The lowest BCUT2D eigenvalue weighted by atomic mass is 9.92. The summed E-state index contributed by atoms with van der Waals surface area (Å²) in [6.45, 7) is 0.651. The van der Waals surface area contributed by atoms with Crippen LogP contribution in [0.25, 0.3) is 5.69 Å². The second-order valence-electron chi connectivity index (χ2n) is 6.21. The van der Waals surface area contributed by atoms with Crippen molar-refractivity contribution in [1.29, 1.82) is 0 Å². The Hall–Kier alpha value is -2.50. The molecule has 0 spiro atoms. The molecule has 4 rings (SSSR count). The van der Waals surface area contributed by atoms with Gasteiger partial charge in [0.25, 0.3) is 0 Å². The maximum Gasteiger partial charge on any atom is 0.0969 e. The summed E-state index contributed by atoms with van der Waals surface area (Å²) in [5, 5.41) is 22.4. The maximum atomic E-state index is 10.0. The zero-order chi connectivity index (χ0) is 16.4. The first-order chi connectivity index (χ1) is 11.8. The molecule has 1 aliphatic carbocycles. The lowest BCUT2D eigenvalue weighted by Crippen LogP contribution is -2.43. The third-order valence-electron chi connectivity index (χ3n) is 4.76. The first-order valence-electron chi connectivity index (χ1n) is 8.22. The number of nitrogens with zero attached hydrogens (tertiary/aromatic N) is 3. The van der Waals surface area contributed by atoms with Gasteiger partial charge in [0, 0.05) is 6.54 Å².